The lowest BCUT2D eigenvalue weighted by atomic mass is 10.2. The van der Waals surface area contributed by atoms with Crippen LogP contribution in [0.3, 0.4) is 0 Å². The molecule has 0 saturated heterocycles. The number of carboxylic acid groups (broad SMARTS) is 1. The maximum Gasteiger partial charge on any atom is 0.322 e. The maximum absolute atomic E-state index is 11.9. The molecule has 1 aliphatic rings. The predicted molar refractivity (Wildman–Crippen MR) is 69.1 cm³/mol. The van der Waals surface area contributed by atoms with Gasteiger partial charge in [-0.3, -0.25) is 19.8 Å². The van der Waals surface area contributed by atoms with Gasteiger partial charge in [0.2, 0.25) is 11.8 Å². The van der Waals surface area contributed by atoms with Gasteiger partial charge in [0.25, 0.3) is 0 Å². The van der Waals surface area contributed by atoms with Crippen LogP contribution in [0.2, 0.25) is 0 Å². The summed E-state index contributed by atoms with van der Waals surface area (Å²) in [5, 5.41) is 18.7. The number of hydrogen-bond donors (Lipinski definition) is 2. The summed E-state index contributed by atoms with van der Waals surface area (Å²) in [6, 6.07) is 0.190. The molecule has 1 fully saturated rings. The number of hydrogen-bond acceptors (Lipinski definition) is 6. The highest BCUT2D eigenvalue weighted by molar-refractivity contribution is 5.90. The Labute approximate surface area is 116 Å². The van der Waals surface area contributed by atoms with Crippen LogP contribution < -0.4 is 5.32 Å². The van der Waals surface area contributed by atoms with Gasteiger partial charge in [0.1, 0.15) is 0 Å². The van der Waals surface area contributed by atoms with E-state index in [1.165, 1.54) is 0 Å². The average molecular weight is 282 g/mol. The zero-order chi connectivity index (χ0) is 14.5. The van der Waals surface area contributed by atoms with Crippen molar-refractivity contribution in [2.24, 2.45) is 0 Å². The van der Waals surface area contributed by atoms with Gasteiger partial charge >= 0.3 is 12.0 Å². The zero-order valence-electron chi connectivity index (χ0n) is 11.3. The zero-order valence-corrected chi connectivity index (χ0v) is 11.3. The second kappa shape index (κ2) is 6.47. The minimum atomic E-state index is -0.932. The molecule has 110 valence electrons. The Morgan fingerprint density at radius 1 is 1.35 bits per heavy atom. The van der Waals surface area contributed by atoms with E-state index in [1.807, 2.05) is 0 Å². The van der Waals surface area contributed by atoms with Crippen molar-refractivity contribution in [3.05, 3.63) is 5.89 Å². The van der Waals surface area contributed by atoms with Crippen LogP contribution in [0.4, 0.5) is 6.01 Å². The summed E-state index contributed by atoms with van der Waals surface area (Å²) in [5.41, 5.74) is 0. The summed E-state index contributed by atoms with van der Waals surface area (Å²) in [4.78, 5) is 24.5. The molecule has 0 aromatic carbocycles. The van der Waals surface area contributed by atoms with Crippen LogP contribution in [0.15, 0.2) is 4.42 Å². The molecular formula is C12H18N4O4. The Bertz CT molecular complexity index is 482. The first kappa shape index (κ1) is 14.4. The van der Waals surface area contributed by atoms with Crippen molar-refractivity contribution in [2.45, 2.75) is 38.6 Å². The quantitative estimate of drug-likeness (QED) is 0.788. The third-order valence-electron chi connectivity index (χ3n) is 3.30. The molecule has 8 heteroatoms. The molecular weight excluding hydrogens is 264 g/mol. The molecule has 0 aliphatic heterocycles. The van der Waals surface area contributed by atoms with E-state index in [9.17, 15) is 9.59 Å². The van der Waals surface area contributed by atoms with Gasteiger partial charge in [0.15, 0.2) is 0 Å². The number of amides is 1. The van der Waals surface area contributed by atoms with E-state index in [-0.39, 0.29) is 31.1 Å². The molecule has 0 radical (unpaired) electrons. The Balaban J connectivity index is 1.92. The Kier molecular flexibility index (Phi) is 4.67. The lowest BCUT2D eigenvalue weighted by Gasteiger charge is -2.25. The highest BCUT2D eigenvalue weighted by Crippen LogP contribution is 2.23. The third-order valence-corrected chi connectivity index (χ3v) is 3.30. The van der Waals surface area contributed by atoms with Gasteiger partial charge in [-0.2, -0.15) is 0 Å². The number of nitrogens with one attached hydrogen (secondary N) is 1. The first-order chi connectivity index (χ1) is 9.54. The van der Waals surface area contributed by atoms with Crippen molar-refractivity contribution in [3.63, 3.8) is 0 Å². The number of aromatic nitrogens is 2. The molecule has 2 N–H and O–H groups in total. The highest BCUT2D eigenvalue weighted by atomic mass is 16.4. The van der Waals surface area contributed by atoms with Gasteiger partial charge in [-0.1, -0.05) is 17.9 Å². The summed E-state index contributed by atoms with van der Waals surface area (Å²) >= 11 is 0. The van der Waals surface area contributed by atoms with E-state index in [0.717, 1.165) is 25.7 Å². The number of carbonyl (C=O) groups is 2. The molecule has 8 nitrogen and oxygen atoms in total. The molecule has 0 atom stereocenters. The molecule has 1 heterocycles. The maximum atomic E-state index is 11.9. The number of anilines is 1. The van der Waals surface area contributed by atoms with Gasteiger partial charge in [-0.15, -0.1) is 5.10 Å². The Hall–Kier alpha value is -1.96. The fraction of sp³-hybridized carbons (Fsp3) is 0.667. The third kappa shape index (κ3) is 4.02. The first-order valence-corrected chi connectivity index (χ1v) is 6.60. The molecule has 0 spiro atoms. The van der Waals surface area contributed by atoms with E-state index < -0.39 is 5.97 Å². The Morgan fingerprint density at radius 2 is 2.05 bits per heavy atom. The van der Waals surface area contributed by atoms with Crippen LogP contribution >= 0.6 is 0 Å². The molecule has 1 aromatic rings. The van der Waals surface area contributed by atoms with Gasteiger partial charge < -0.3 is 9.52 Å². The van der Waals surface area contributed by atoms with E-state index in [2.05, 4.69) is 15.5 Å². The van der Waals surface area contributed by atoms with Crippen LogP contribution in [-0.2, 0) is 9.59 Å². The second-order valence-corrected chi connectivity index (χ2v) is 4.91. The van der Waals surface area contributed by atoms with Gasteiger partial charge in [-0.25, -0.2) is 0 Å². The number of carbonyl (C=O) groups excluding carboxylic acids is 1. The molecule has 1 aromatic heterocycles. The second-order valence-electron chi connectivity index (χ2n) is 4.91. The lowest BCUT2D eigenvalue weighted by Crippen LogP contribution is -2.42. The number of nitrogens with zero attached hydrogens (tertiary/aromatic N) is 3. The van der Waals surface area contributed by atoms with Crippen LogP contribution in [-0.4, -0.2) is 51.2 Å². The van der Waals surface area contributed by atoms with E-state index in [0.29, 0.717) is 5.89 Å². The number of carboxylic acids is 1. The lowest BCUT2D eigenvalue weighted by molar-refractivity contribution is -0.139. The van der Waals surface area contributed by atoms with Crippen molar-refractivity contribution >= 4 is 17.9 Å². The summed E-state index contributed by atoms with van der Waals surface area (Å²) in [7, 11) is 0. The topological polar surface area (TPSA) is 109 Å². The SMILES string of the molecule is Cc1nnc(NC(=O)CN(CC(=O)O)C2CCCC2)o1. The van der Waals surface area contributed by atoms with E-state index in [4.69, 9.17) is 9.52 Å². The minimum absolute atomic E-state index is 0.0123. The van der Waals surface area contributed by atoms with Gasteiger partial charge in [-0.05, 0) is 12.8 Å². The van der Waals surface area contributed by atoms with E-state index in [1.54, 1.807) is 11.8 Å². The number of aliphatic carboxylic acids is 1. The normalized spacial score (nSPS) is 15.7. The molecule has 0 unspecified atom stereocenters. The summed E-state index contributed by atoms with van der Waals surface area (Å²) in [6.45, 7) is 1.50. The predicted octanol–water partition coefficient (Wildman–Crippen LogP) is 0.646. The summed E-state index contributed by atoms with van der Waals surface area (Å²) in [5.74, 6) is -0.918. The standard InChI is InChI=1S/C12H18N4O4/c1-8-14-15-12(20-8)13-10(17)6-16(7-11(18)19)9-4-2-3-5-9/h9H,2-7H2,1H3,(H,18,19)(H,13,15,17). The smallest absolute Gasteiger partial charge is 0.322 e. The van der Waals surface area contributed by atoms with E-state index >= 15 is 0 Å². The largest absolute Gasteiger partial charge is 0.480 e. The average Bonchev–Trinajstić information content (AvgIpc) is 2.99. The summed E-state index contributed by atoms with van der Waals surface area (Å²) in [6.07, 6.45) is 4.01. The molecule has 1 amide bonds. The van der Waals surface area contributed by atoms with Gasteiger partial charge in [0, 0.05) is 13.0 Å². The molecule has 2 rings (SSSR count). The van der Waals surface area contributed by atoms with Crippen molar-refractivity contribution in [1.29, 1.82) is 0 Å². The molecule has 1 aliphatic carbocycles. The van der Waals surface area contributed by atoms with Crippen molar-refractivity contribution in [1.82, 2.24) is 15.1 Å². The van der Waals surface area contributed by atoms with Crippen LogP contribution in [0, 0.1) is 6.92 Å². The first-order valence-electron chi connectivity index (χ1n) is 6.60. The molecule has 20 heavy (non-hydrogen) atoms. The van der Waals surface area contributed by atoms with Crippen LogP contribution in [0.1, 0.15) is 31.6 Å². The van der Waals surface area contributed by atoms with Crippen molar-refractivity contribution in [3.8, 4) is 0 Å². The minimum Gasteiger partial charge on any atom is -0.480 e. The Morgan fingerprint density at radius 3 is 2.60 bits per heavy atom. The highest BCUT2D eigenvalue weighted by Gasteiger charge is 2.26. The molecule has 1 saturated carbocycles. The molecule has 0 bridgehead atoms. The summed E-state index contributed by atoms with van der Waals surface area (Å²) < 4.78 is 5.05. The fourth-order valence-electron chi connectivity index (χ4n) is 2.45. The van der Waals surface area contributed by atoms with Crippen LogP contribution in [0.5, 0.6) is 0 Å². The van der Waals surface area contributed by atoms with Crippen molar-refractivity contribution in [2.75, 3.05) is 18.4 Å². The number of aryl methyl sites for hydroxylation is 1. The fourth-order valence-corrected chi connectivity index (χ4v) is 2.45. The van der Waals surface area contributed by atoms with Crippen molar-refractivity contribution < 1.29 is 19.1 Å². The van der Waals surface area contributed by atoms with Crippen LogP contribution in [0.25, 0.3) is 0 Å². The monoisotopic (exact) mass is 282 g/mol. The number of rotatable bonds is 6. The van der Waals surface area contributed by atoms with Gasteiger partial charge in [0.05, 0.1) is 13.1 Å².